The number of phosphoric acid groups is 1. The molecule has 0 atom stereocenters. The van der Waals surface area contributed by atoms with Crippen molar-refractivity contribution in [2.24, 2.45) is 0 Å². The van der Waals surface area contributed by atoms with E-state index in [1.165, 1.54) is 6.92 Å². The summed E-state index contributed by atoms with van der Waals surface area (Å²) < 4.78 is 15.1. The molecule has 0 bridgehead atoms. The third kappa shape index (κ3) is 24.7. The highest BCUT2D eigenvalue weighted by Gasteiger charge is 2.15. The molecule has 9 heteroatoms. The first kappa shape index (κ1) is 22.7. The molecule has 0 aromatic rings. The summed E-state index contributed by atoms with van der Waals surface area (Å²) in [5.41, 5.74) is 0.0648. The highest BCUT2D eigenvalue weighted by Crippen LogP contribution is 2.35. The van der Waals surface area contributed by atoms with Gasteiger partial charge in [0.1, 0.15) is 13.2 Å². The largest absolute Gasteiger partial charge is 0.545 e. The molecular weight excluding hydrogens is 285 g/mol. The number of quaternary nitrogens is 1. The van der Waals surface area contributed by atoms with Crippen molar-refractivity contribution in [2.45, 2.75) is 6.92 Å². The number of aliphatic carboxylic acids is 1. The predicted molar refractivity (Wildman–Crippen MR) is 68.0 cm³/mol. The number of phosphoric ester groups is 1. The number of hydrogen-bond acceptors (Lipinski definition) is 4. The van der Waals surface area contributed by atoms with Crippen LogP contribution < -0.4 is 5.11 Å². The Morgan fingerprint density at radius 2 is 1.72 bits per heavy atom. The first-order chi connectivity index (χ1) is 7.35. The standard InChI is InChI=1S/C5H14NO4P.C4H6O2.ClH/c1-6(2,3)4-5-10-11(7,8)9;1-3(2)4(5)6;/h4-5H2,1-3H3,(H-,7,8,9);1H2,2H3,(H,5,6);1H. The van der Waals surface area contributed by atoms with E-state index < -0.39 is 13.8 Å². The van der Waals surface area contributed by atoms with Crippen LogP contribution in [0.15, 0.2) is 12.2 Å². The van der Waals surface area contributed by atoms with Crippen LogP contribution in [0, 0.1) is 0 Å². The number of carboxylic acid groups (broad SMARTS) is 1. The van der Waals surface area contributed by atoms with E-state index in [0.717, 1.165) is 0 Å². The van der Waals surface area contributed by atoms with Crippen LogP contribution in [0.3, 0.4) is 0 Å². The molecule has 0 spiro atoms. The average Bonchev–Trinajstić information content (AvgIpc) is 1.99. The molecule has 0 unspecified atom stereocenters. The zero-order valence-corrected chi connectivity index (χ0v) is 12.7. The van der Waals surface area contributed by atoms with Gasteiger partial charge in [0.05, 0.1) is 27.1 Å². The monoisotopic (exact) mass is 305 g/mol. The maximum absolute atomic E-state index is 10.2. The number of likely N-dealkylation sites (N-methyl/N-ethyl adjacent to an activating group) is 1. The van der Waals surface area contributed by atoms with Crippen LogP contribution in [0.4, 0.5) is 0 Å². The summed E-state index contributed by atoms with van der Waals surface area (Å²) in [5, 5.41) is 9.49. The van der Waals surface area contributed by atoms with E-state index in [2.05, 4.69) is 11.1 Å². The first-order valence-electron chi connectivity index (χ1n) is 4.72. The first-order valence-corrected chi connectivity index (χ1v) is 6.25. The molecule has 18 heavy (non-hydrogen) atoms. The molecule has 0 aromatic carbocycles. The van der Waals surface area contributed by atoms with Crippen molar-refractivity contribution in [3.63, 3.8) is 0 Å². The van der Waals surface area contributed by atoms with Crippen molar-refractivity contribution >= 4 is 26.2 Å². The van der Waals surface area contributed by atoms with Crippen molar-refractivity contribution in [3.05, 3.63) is 12.2 Å². The fourth-order valence-corrected chi connectivity index (χ4v) is 0.753. The van der Waals surface area contributed by atoms with E-state index in [0.29, 0.717) is 11.0 Å². The van der Waals surface area contributed by atoms with E-state index in [1.54, 1.807) is 0 Å². The van der Waals surface area contributed by atoms with E-state index in [1.807, 2.05) is 21.1 Å². The van der Waals surface area contributed by atoms with Crippen LogP contribution in [0.25, 0.3) is 0 Å². The summed E-state index contributed by atoms with van der Waals surface area (Å²) in [6.45, 7) is 5.13. The molecule has 2 N–H and O–H groups in total. The van der Waals surface area contributed by atoms with Gasteiger partial charge in [0.25, 0.3) is 0 Å². The second-order valence-corrected chi connectivity index (χ2v) is 5.64. The minimum Gasteiger partial charge on any atom is -0.545 e. The van der Waals surface area contributed by atoms with E-state index >= 15 is 0 Å². The number of carbonyl (C=O) groups is 1. The van der Waals surface area contributed by atoms with Gasteiger partial charge in [-0.25, -0.2) is 4.57 Å². The third-order valence-corrected chi connectivity index (χ3v) is 1.89. The van der Waals surface area contributed by atoms with Gasteiger partial charge in [0.2, 0.25) is 0 Å². The number of nitrogens with zero attached hydrogens (tertiary/aromatic N) is 1. The van der Waals surface area contributed by atoms with Gasteiger partial charge >= 0.3 is 7.82 Å². The molecule has 0 fully saturated rings. The minimum absolute atomic E-state index is 0. The Morgan fingerprint density at radius 1 is 1.39 bits per heavy atom. The second kappa shape index (κ2) is 9.49. The number of carboxylic acids is 1. The lowest BCUT2D eigenvalue weighted by Crippen LogP contribution is -2.37. The number of rotatable bonds is 5. The van der Waals surface area contributed by atoms with Gasteiger partial charge in [-0.05, 0) is 12.5 Å². The molecule has 0 rings (SSSR count). The molecule has 0 aliphatic carbocycles. The fraction of sp³-hybridized carbons (Fsp3) is 0.667. The summed E-state index contributed by atoms with van der Waals surface area (Å²) in [6.07, 6.45) is 0. The van der Waals surface area contributed by atoms with Crippen molar-refractivity contribution in [3.8, 4) is 0 Å². The van der Waals surface area contributed by atoms with Crippen LogP contribution >= 0.6 is 20.2 Å². The number of carbonyl (C=O) groups excluding carboxylic acids is 1. The van der Waals surface area contributed by atoms with Gasteiger partial charge in [-0.2, -0.15) is 0 Å². The molecule has 0 aliphatic rings. The van der Waals surface area contributed by atoms with E-state index in [9.17, 15) is 14.5 Å². The maximum atomic E-state index is 10.2. The summed E-state index contributed by atoms with van der Waals surface area (Å²) in [5.74, 6) is -1.19. The van der Waals surface area contributed by atoms with E-state index in [-0.39, 0.29) is 24.6 Å². The highest BCUT2D eigenvalue weighted by atomic mass is 35.5. The highest BCUT2D eigenvalue weighted by molar-refractivity contribution is 7.46. The molecule has 0 saturated carbocycles. The van der Waals surface area contributed by atoms with Crippen LogP contribution in [0.1, 0.15) is 6.92 Å². The molecule has 0 radical (unpaired) electrons. The van der Waals surface area contributed by atoms with Crippen molar-refractivity contribution < 1.29 is 33.3 Å². The smallest absolute Gasteiger partial charge is 0.469 e. The predicted octanol–water partition coefficient (Wildman–Crippen LogP) is -0.464. The van der Waals surface area contributed by atoms with E-state index in [4.69, 9.17) is 9.79 Å². The summed E-state index contributed by atoms with van der Waals surface area (Å²) in [7, 11) is 1.50. The third-order valence-electron chi connectivity index (χ3n) is 1.37. The Labute approximate surface area is 113 Å². The number of halogens is 1. The average molecular weight is 306 g/mol. The van der Waals surface area contributed by atoms with Gasteiger partial charge in [-0.3, -0.25) is 4.52 Å². The molecule has 0 aromatic heterocycles. The van der Waals surface area contributed by atoms with Gasteiger partial charge in [0, 0.05) is 0 Å². The molecule has 0 saturated heterocycles. The lowest BCUT2D eigenvalue weighted by Gasteiger charge is -2.23. The molecule has 0 aliphatic heterocycles. The van der Waals surface area contributed by atoms with Crippen LogP contribution in [0.5, 0.6) is 0 Å². The molecule has 7 nitrogen and oxygen atoms in total. The second-order valence-electron chi connectivity index (χ2n) is 4.41. The molecular formula is C9H21ClNO6P. The lowest BCUT2D eigenvalue weighted by molar-refractivity contribution is -0.870. The SMILES string of the molecule is C=C(C)C(=O)[O-].C[N+](C)(C)CCOP(=O)(O)O.Cl. The van der Waals surface area contributed by atoms with Gasteiger partial charge in [-0.15, -0.1) is 12.4 Å². The Balaban J connectivity index is -0.000000277. The zero-order valence-electron chi connectivity index (χ0n) is 11.0. The Bertz CT molecular complexity index is 297. The quantitative estimate of drug-likeness (QED) is 0.404. The normalized spacial score (nSPS) is 10.8. The van der Waals surface area contributed by atoms with Gasteiger partial charge in [-0.1, -0.05) is 6.58 Å². The van der Waals surface area contributed by atoms with Crippen molar-refractivity contribution in [1.82, 2.24) is 0 Å². The maximum Gasteiger partial charge on any atom is 0.469 e. The van der Waals surface area contributed by atoms with Crippen molar-refractivity contribution in [1.29, 1.82) is 0 Å². The molecule has 0 heterocycles. The summed E-state index contributed by atoms with van der Waals surface area (Å²) in [6, 6.07) is 0. The Hall–Kier alpha value is -0.430. The summed E-state index contributed by atoms with van der Waals surface area (Å²) in [4.78, 5) is 26.1. The van der Waals surface area contributed by atoms with Crippen LogP contribution in [-0.2, 0) is 13.9 Å². The Morgan fingerprint density at radius 3 is 1.89 bits per heavy atom. The van der Waals surface area contributed by atoms with Gasteiger partial charge < -0.3 is 24.2 Å². The molecule has 110 valence electrons. The topological polar surface area (TPSA) is 107 Å². The fourth-order valence-electron chi connectivity index (χ4n) is 0.434. The number of hydrogen-bond donors (Lipinski definition) is 2. The minimum atomic E-state index is -4.26. The molecule has 0 amide bonds. The van der Waals surface area contributed by atoms with Crippen molar-refractivity contribution in [2.75, 3.05) is 34.3 Å². The Kier molecular flexibility index (Phi) is 12.0. The van der Waals surface area contributed by atoms with Gasteiger partial charge in [0.15, 0.2) is 0 Å². The van der Waals surface area contributed by atoms with Crippen LogP contribution in [0.2, 0.25) is 0 Å². The van der Waals surface area contributed by atoms with Crippen LogP contribution in [-0.4, -0.2) is 54.5 Å². The summed E-state index contributed by atoms with van der Waals surface area (Å²) >= 11 is 0. The lowest BCUT2D eigenvalue weighted by atomic mass is 10.4. The zero-order chi connectivity index (χ0) is 14.3.